The summed E-state index contributed by atoms with van der Waals surface area (Å²) in [6.07, 6.45) is -1.27. The number of aromatic nitrogens is 2. The summed E-state index contributed by atoms with van der Waals surface area (Å²) >= 11 is 1.90. The summed E-state index contributed by atoms with van der Waals surface area (Å²) in [7, 11) is 0. The van der Waals surface area contributed by atoms with Crippen LogP contribution in [0.2, 0.25) is 0 Å². The average molecular weight is 340 g/mol. The lowest BCUT2D eigenvalue weighted by Gasteiger charge is -2.15. The highest BCUT2D eigenvalue weighted by Crippen LogP contribution is 2.29. The molecule has 1 saturated heterocycles. The van der Waals surface area contributed by atoms with Crippen molar-refractivity contribution in [3.05, 3.63) is 26.4 Å². The molecule has 2 heterocycles. The lowest BCUT2D eigenvalue weighted by Crippen LogP contribution is -2.30. The van der Waals surface area contributed by atoms with E-state index in [4.69, 9.17) is 9.84 Å². The zero-order chi connectivity index (χ0) is 11.7. The highest BCUT2D eigenvalue weighted by Gasteiger charge is 2.36. The predicted octanol–water partition coefficient (Wildman–Crippen LogP) is 0.466. The van der Waals surface area contributed by atoms with Gasteiger partial charge in [0.1, 0.15) is 9.87 Å². The number of aliphatic hydroxyl groups excluding tert-OH is 1. The first-order valence-corrected chi connectivity index (χ1v) is 5.85. The number of aliphatic hydroxyl groups is 1. The zero-order valence-electron chi connectivity index (χ0n) is 8.22. The second-order valence-corrected chi connectivity index (χ2v) is 4.63. The molecule has 0 saturated carbocycles. The van der Waals surface area contributed by atoms with Crippen molar-refractivity contribution >= 4 is 22.6 Å². The second kappa shape index (κ2) is 4.76. The van der Waals surface area contributed by atoms with E-state index < -0.39 is 24.2 Å². The Morgan fingerprint density at radius 2 is 2.50 bits per heavy atom. The molecule has 0 spiro atoms. The van der Waals surface area contributed by atoms with Gasteiger partial charge in [0.05, 0.1) is 12.7 Å². The second-order valence-electron chi connectivity index (χ2n) is 3.52. The Morgan fingerprint density at radius 1 is 1.75 bits per heavy atom. The SMILES string of the molecule is O=c1nc(I)ccn1[C@@H]1O[C@H](CO)C[C@H]1F. The molecule has 1 aromatic rings. The van der Waals surface area contributed by atoms with Gasteiger partial charge in [-0.15, -0.1) is 0 Å². The maximum absolute atomic E-state index is 13.6. The van der Waals surface area contributed by atoms with Gasteiger partial charge < -0.3 is 9.84 Å². The number of halogens is 2. The highest BCUT2D eigenvalue weighted by molar-refractivity contribution is 14.1. The largest absolute Gasteiger partial charge is 0.394 e. The Bertz CT molecular complexity index is 439. The van der Waals surface area contributed by atoms with Gasteiger partial charge >= 0.3 is 5.69 Å². The minimum absolute atomic E-state index is 0.0968. The number of rotatable bonds is 2. The van der Waals surface area contributed by atoms with Crippen molar-refractivity contribution in [2.24, 2.45) is 0 Å². The van der Waals surface area contributed by atoms with E-state index in [1.165, 1.54) is 6.20 Å². The summed E-state index contributed by atoms with van der Waals surface area (Å²) in [5, 5.41) is 8.87. The van der Waals surface area contributed by atoms with E-state index in [0.717, 1.165) is 4.57 Å². The molecule has 1 fully saturated rings. The summed E-state index contributed by atoms with van der Waals surface area (Å²) in [4.78, 5) is 15.2. The first-order chi connectivity index (χ1) is 7.61. The van der Waals surface area contributed by atoms with E-state index in [9.17, 15) is 9.18 Å². The van der Waals surface area contributed by atoms with Crippen LogP contribution in [-0.4, -0.2) is 33.5 Å². The Kier molecular flexibility index (Phi) is 3.55. The number of hydrogen-bond donors (Lipinski definition) is 1. The summed E-state index contributed by atoms with van der Waals surface area (Å²) < 4.78 is 20.5. The quantitative estimate of drug-likeness (QED) is 0.628. The van der Waals surface area contributed by atoms with Crippen LogP contribution >= 0.6 is 22.6 Å². The maximum Gasteiger partial charge on any atom is 0.350 e. The van der Waals surface area contributed by atoms with Crippen molar-refractivity contribution in [2.75, 3.05) is 6.61 Å². The normalized spacial score (nSPS) is 29.6. The van der Waals surface area contributed by atoms with E-state index in [1.54, 1.807) is 6.07 Å². The van der Waals surface area contributed by atoms with Gasteiger partial charge in [-0.05, 0) is 28.7 Å². The Morgan fingerprint density at radius 3 is 3.06 bits per heavy atom. The lowest BCUT2D eigenvalue weighted by molar-refractivity contribution is -0.0394. The fourth-order valence-corrected chi connectivity index (χ4v) is 2.02. The summed E-state index contributed by atoms with van der Waals surface area (Å²) in [6.45, 7) is -0.247. The van der Waals surface area contributed by atoms with Gasteiger partial charge in [0, 0.05) is 12.6 Å². The van der Waals surface area contributed by atoms with Crippen LogP contribution in [0.3, 0.4) is 0 Å². The molecule has 0 amide bonds. The molecule has 0 aromatic carbocycles. The van der Waals surface area contributed by atoms with Crippen LogP contribution in [0.15, 0.2) is 17.1 Å². The van der Waals surface area contributed by atoms with E-state index >= 15 is 0 Å². The van der Waals surface area contributed by atoms with Gasteiger partial charge in [0.15, 0.2) is 6.23 Å². The Balaban J connectivity index is 2.28. The third-order valence-electron chi connectivity index (χ3n) is 2.40. The van der Waals surface area contributed by atoms with Crippen molar-refractivity contribution in [3.63, 3.8) is 0 Å². The number of hydrogen-bond acceptors (Lipinski definition) is 4. The van der Waals surface area contributed by atoms with E-state index in [-0.39, 0.29) is 13.0 Å². The maximum atomic E-state index is 13.6. The van der Waals surface area contributed by atoms with E-state index in [1.807, 2.05) is 22.6 Å². The molecule has 1 N–H and O–H groups in total. The molecule has 16 heavy (non-hydrogen) atoms. The molecule has 0 bridgehead atoms. The van der Waals surface area contributed by atoms with Crippen LogP contribution in [0.25, 0.3) is 0 Å². The molecule has 1 aliphatic heterocycles. The molecule has 88 valence electrons. The molecular weight excluding hydrogens is 330 g/mol. The smallest absolute Gasteiger partial charge is 0.350 e. The lowest BCUT2D eigenvalue weighted by atomic mass is 10.2. The molecule has 0 unspecified atom stereocenters. The third-order valence-corrected chi connectivity index (χ3v) is 3.00. The number of nitrogens with zero attached hydrogens (tertiary/aromatic N) is 2. The predicted molar refractivity (Wildman–Crippen MR) is 61.7 cm³/mol. The third kappa shape index (κ3) is 2.25. The fourth-order valence-electron chi connectivity index (χ4n) is 1.65. The standard InChI is InChI=1S/C9H10FIN2O3/c10-6-3-5(4-14)16-8(6)13-2-1-7(11)12-9(13)15/h1-2,5-6,8,14H,3-4H2/t5-,6+,8+/m0/s1. The molecule has 1 aromatic heterocycles. The van der Waals surface area contributed by atoms with Crippen LogP contribution in [0.4, 0.5) is 4.39 Å². The molecule has 5 nitrogen and oxygen atoms in total. The van der Waals surface area contributed by atoms with Crippen LogP contribution < -0.4 is 5.69 Å². The fraction of sp³-hybridized carbons (Fsp3) is 0.556. The summed E-state index contributed by atoms with van der Waals surface area (Å²) in [5.74, 6) is 0. The zero-order valence-corrected chi connectivity index (χ0v) is 10.4. The molecule has 7 heteroatoms. The van der Waals surface area contributed by atoms with Gasteiger partial charge in [-0.3, -0.25) is 4.57 Å². The van der Waals surface area contributed by atoms with Crippen molar-refractivity contribution in [2.45, 2.75) is 24.9 Å². The molecule has 3 atom stereocenters. The van der Waals surface area contributed by atoms with Gasteiger partial charge in [-0.2, -0.15) is 4.98 Å². The Labute approximate surface area is 104 Å². The van der Waals surface area contributed by atoms with Crippen molar-refractivity contribution in [1.82, 2.24) is 9.55 Å². The molecule has 0 radical (unpaired) electrons. The van der Waals surface area contributed by atoms with Gasteiger partial charge in [-0.25, -0.2) is 9.18 Å². The first-order valence-electron chi connectivity index (χ1n) is 4.77. The van der Waals surface area contributed by atoms with Crippen LogP contribution in [0, 0.1) is 3.70 Å². The minimum atomic E-state index is -1.29. The first kappa shape index (κ1) is 11.9. The van der Waals surface area contributed by atoms with Gasteiger partial charge in [0.2, 0.25) is 0 Å². The van der Waals surface area contributed by atoms with Crippen molar-refractivity contribution in [1.29, 1.82) is 0 Å². The Hall–Kier alpha value is -0.540. The van der Waals surface area contributed by atoms with E-state index in [2.05, 4.69) is 4.98 Å². The monoisotopic (exact) mass is 340 g/mol. The summed E-state index contributed by atoms with van der Waals surface area (Å²) in [6, 6.07) is 1.60. The van der Waals surface area contributed by atoms with Crippen LogP contribution in [0.1, 0.15) is 12.6 Å². The topological polar surface area (TPSA) is 64.4 Å². The van der Waals surface area contributed by atoms with Gasteiger partial charge in [-0.1, -0.05) is 0 Å². The molecule has 0 aliphatic carbocycles. The minimum Gasteiger partial charge on any atom is -0.394 e. The van der Waals surface area contributed by atoms with E-state index in [0.29, 0.717) is 3.70 Å². The average Bonchev–Trinajstić information content (AvgIpc) is 2.60. The summed E-state index contributed by atoms with van der Waals surface area (Å²) in [5.41, 5.74) is -0.543. The van der Waals surface area contributed by atoms with Crippen molar-refractivity contribution in [3.8, 4) is 0 Å². The molecular formula is C9H10FIN2O3. The van der Waals surface area contributed by atoms with Crippen LogP contribution in [0.5, 0.6) is 0 Å². The number of ether oxygens (including phenoxy) is 1. The molecule has 1 aliphatic rings. The van der Waals surface area contributed by atoms with Crippen molar-refractivity contribution < 1.29 is 14.2 Å². The highest BCUT2D eigenvalue weighted by atomic mass is 127. The van der Waals surface area contributed by atoms with Crippen LogP contribution in [-0.2, 0) is 4.74 Å². The number of alkyl halides is 1. The van der Waals surface area contributed by atoms with Gasteiger partial charge in [0.25, 0.3) is 0 Å². The molecule has 2 rings (SSSR count).